The molecule has 2 amide bonds. The molecule has 2 aromatic rings. The van der Waals surface area contributed by atoms with Crippen molar-refractivity contribution in [1.82, 2.24) is 5.01 Å². The van der Waals surface area contributed by atoms with Crippen molar-refractivity contribution >= 4 is 52.2 Å². The molecule has 1 heterocycles. The number of hydrogen-bond donors (Lipinski definition) is 0. The van der Waals surface area contributed by atoms with Crippen molar-refractivity contribution < 1.29 is 19.1 Å². The fraction of sp³-hybridized carbons (Fsp3) is 0.320. The molecule has 3 aliphatic rings. The average Bonchev–Trinajstić information content (AvgIpc) is 3.47. The molecular weight excluding hydrogens is 555 g/mol. The third-order valence-electron chi connectivity index (χ3n) is 6.40. The summed E-state index contributed by atoms with van der Waals surface area (Å²) < 4.78 is 12.7. The van der Waals surface area contributed by atoms with Crippen LogP contribution in [0.25, 0.3) is 0 Å². The Bertz CT molecular complexity index is 1130. The first-order chi connectivity index (χ1) is 16.0. The molecule has 33 heavy (non-hydrogen) atoms. The Morgan fingerprint density at radius 1 is 1.09 bits per heavy atom. The van der Waals surface area contributed by atoms with E-state index in [-0.39, 0.29) is 35.5 Å². The molecule has 5 rings (SSSR count). The number of nitrogens with zero attached hydrogens (tertiary/aromatic N) is 2. The maximum atomic E-state index is 12.8. The second kappa shape index (κ2) is 9.10. The van der Waals surface area contributed by atoms with Crippen LogP contribution < -0.4 is 9.47 Å². The van der Waals surface area contributed by atoms with E-state index in [9.17, 15) is 9.59 Å². The number of hydrogen-bond acceptors (Lipinski definition) is 5. The Hall–Kier alpha value is -2.39. The van der Waals surface area contributed by atoms with Crippen molar-refractivity contribution in [3.05, 3.63) is 68.3 Å². The number of imide groups is 1. The van der Waals surface area contributed by atoms with Gasteiger partial charge in [0.05, 0.1) is 28.2 Å². The van der Waals surface area contributed by atoms with Gasteiger partial charge in [-0.15, -0.1) is 0 Å². The SMILES string of the molecule is CCOc1cc(/C=N\N2C(=O)[C@H]3[C@H](C2=O)[C@H]2C=C[C@H]3C2)cc(I)c1OCc1ccc(Cl)cc1. The highest BCUT2D eigenvalue weighted by molar-refractivity contribution is 14.1. The van der Waals surface area contributed by atoms with Crippen LogP contribution in [0.3, 0.4) is 0 Å². The second-order valence-corrected chi connectivity index (χ2v) is 10.0. The smallest absolute Gasteiger partial charge is 0.254 e. The summed E-state index contributed by atoms with van der Waals surface area (Å²) in [5, 5.41) is 6.01. The van der Waals surface area contributed by atoms with Crippen molar-refractivity contribution in [2.24, 2.45) is 28.8 Å². The van der Waals surface area contributed by atoms with Gasteiger partial charge < -0.3 is 9.47 Å². The molecule has 1 aliphatic heterocycles. The number of fused-ring (bicyclic) bond motifs is 5. The topological polar surface area (TPSA) is 68.2 Å². The molecule has 0 N–H and O–H groups in total. The molecule has 2 fully saturated rings. The van der Waals surface area contributed by atoms with Gasteiger partial charge in [-0.05, 0) is 83.2 Å². The van der Waals surface area contributed by atoms with E-state index in [0.29, 0.717) is 29.7 Å². The first kappa shape index (κ1) is 22.4. The van der Waals surface area contributed by atoms with Crippen molar-refractivity contribution in [1.29, 1.82) is 0 Å². The van der Waals surface area contributed by atoms with E-state index in [0.717, 1.165) is 26.1 Å². The monoisotopic (exact) mass is 576 g/mol. The summed E-state index contributed by atoms with van der Waals surface area (Å²) in [5.74, 6) is 0.646. The highest BCUT2D eigenvalue weighted by Crippen LogP contribution is 2.52. The fourth-order valence-electron chi connectivity index (χ4n) is 4.93. The first-order valence-electron chi connectivity index (χ1n) is 10.9. The van der Waals surface area contributed by atoms with Gasteiger partial charge in [0.15, 0.2) is 11.5 Å². The first-order valence-corrected chi connectivity index (χ1v) is 12.4. The molecular formula is C25H22ClIN2O4. The third kappa shape index (κ3) is 4.17. The summed E-state index contributed by atoms with van der Waals surface area (Å²) in [6, 6.07) is 11.2. The van der Waals surface area contributed by atoms with E-state index in [1.807, 2.05) is 43.3 Å². The zero-order valence-corrected chi connectivity index (χ0v) is 20.8. The van der Waals surface area contributed by atoms with Gasteiger partial charge in [0.2, 0.25) is 0 Å². The van der Waals surface area contributed by atoms with E-state index < -0.39 is 0 Å². The Morgan fingerprint density at radius 3 is 2.39 bits per heavy atom. The molecule has 4 atom stereocenters. The van der Waals surface area contributed by atoms with Crippen molar-refractivity contribution in [3.63, 3.8) is 0 Å². The molecule has 1 saturated carbocycles. The van der Waals surface area contributed by atoms with Crippen molar-refractivity contribution in [2.75, 3.05) is 6.61 Å². The summed E-state index contributed by atoms with van der Waals surface area (Å²) in [4.78, 5) is 25.7. The molecule has 170 valence electrons. The normalized spacial score (nSPS) is 25.4. The minimum atomic E-state index is -0.257. The summed E-state index contributed by atoms with van der Waals surface area (Å²) >= 11 is 8.14. The van der Waals surface area contributed by atoms with E-state index in [2.05, 4.69) is 39.8 Å². The molecule has 0 spiro atoms. The highest BCUT2D eigenvalue weighted by Gasteiger charge is 2.59. The van der Waals surface area contributed by atoms with Crippen molar-refractivity contribution in [3.8, 4) is 11.5 Å². The molecule has 8 heteroatoms. The van der Waals surface area contributed by atoms with Crippen molar-refractivity contribution in [2.45, 2.75) is 20.0 Å². The van der Waals surface area contributed by atoms with Gasteiger partial charge >= 0.3 is 0 Å². The van der Waals surface area contributed by atoms with Crippen LogP contribution in [0.1, 0.15) is 24.5 Å². The molecule has 2 aliphatic carbocycles. The predicted octanol–water partition coefficient (Wildman–Crippen LogP) is 5.06. The van der Waals surface area contributed by atoms with Crippen LogP contribution in [0, 0.1) is 27.2 Å². The lowest BCUT2D eigenvalue weighted by Gasteiger charge is -2.15. The van der Waals surface area contributed by atoms with Crippen LogP contribution in [-0.4, -0.2) is 29.6 Å². The van der Waals surface area contributed by atoms with E-state index in [1.54, 1.807) is 6.21 Å². The number of rotatable bonds is 7. The van der Waals surface area contributed by atoms with Gasteiger partial charge in [0.25, 0.3) is 11.8 Å². The molecule has 2 aromatic carbocycles. The lowest BCUT2D eigenvalue weighted by molar-refractivity contribution is -0.140. The maximum Gasteiger partial charge on any atom is 0.254 e. The quantitative estimate of drug-likeness (QED) is 0.200. The minimum Gasteiger partial charge on any atom is -0.490 e. The minimum absolute atomic E-state index is 0.166. The highest BCUT2D eigenvalue weighted by atomic mass is 127. The largest absolute Gasteiger partial charge is 0.490 e. The summed E-state index contributed by atoms with van der Waals surface area (Å²) in [5.41, 5.74) is 1.71. The average molecular weight is 577 g/mol. The standard InChI is InChI=1S/C25H22ClIN2O4/c1-2-32-20-10-15(9-19(27)23(20)33-13-14-3-7-18(26)8-4-14)12-28-29-24(30)21-16-5-6-17(11-16)22(21)25(29)31/h3-10,12,16-17,21-22H,2,11,13H2,1H3/b28-12-/t16-,17-,21+,22+/m0/s1. The summed E-state index contributed by atoms with van der Waals surface area (Å²) in [6.45, 7) is 2.74. The Labute approximate surface area is 210 Å². The Balaban J connectivity index is 1.34. The molecule has 0 unspecified atom stereocenters. The molecule has 6 nitrogen and oxygen atoms in total. The number of carbonyl (C=O) groups excluding carboxylic acids is 2. The molecule has 1 saturated heterocycles. The van der Waals surface area contributed by atoms with Crippen LogP contribution in [0.2, 0.25) is 5.02 Å². The molecule has 0 radical (unpaired) electrons. The number of halogens is 2. The van der Waals surface area contributed by atoms with Crippen LogP contribution in [0.5, 0.6) is 11.5 Å². The van der Waals surface area contributed by atoms with Crippen LogP contribution >= 0.6 is 34.2 Å². The van der Waals surface area contributed by atoms with Gasteiger partial charge in [0.1, 0.15) is 6.61 Å². The van der Waals surface area contributed by atoms with Gasteiger partial charge in [-0.1, -0.05) is 35.9 Å². The van der Waals surface area contributed by atoms with Crippen LogP contribution in [-0.2, 0) is 16.2 Å². The number of allylic oxidation sites excluding steroid dienone is 2. The van der Waals surface area contributed by atoms with E-state index >= 15 is 0 Å². The predicted molar refractivity (Wildman–Crippen MR) is 133 cm³/mol. The van der Waals surface area contributed by atoms with Gasteiger partial charge in [-0.2, -0.15) is 10.1 Å². The lowest BCUT2D eigenvalue weighted by atomic mass is 9.85. The second-order valence-electron chi connectivity index (χ2n) is 8.41. The number of amides is 2. The zero-order valence-electron chi connectivity index (χ0n) is 17.9. The number of hydrazone groups is 1. The summed E-state index contributed by atoms with van der Waals surface area (Å²) in [6.07, 6.45) is 6.59. The lowest BCUT2D eigenvalue weighted by Crippen LogP contribution is -2.28. The number of ether oxygens (including phenoxy) is 2. The van der Waals surface area contributed by atoms with E-state index in [1.165, 1.54) is 0 Å². The third-order valence-corrected chi connectivity index (χ3v) is 7.45. The van der Waals surface area contributed by atoms with Crippen LogP contribution in [0.4, 0.5) is 0 Å². The molecule has 0 aromatic heterocycles. The maximum absolute atomic E-state index is 12.8. The fourth-order valence-corrected chi connectivity index (χ4v) is 5.83. The molecule has 2 bridgehead atoms. The summed E-state index contributed by atoms with van der Waals surface area (Å²) in [7, 11) is 0. The van der Waals surface area contributed by atoms with Crippen LogP contribution in [0.15, 0.2) is 53.7 Å². The van der Waals surface area contributed by atoms with Gasteiger partial charge in [0, 0.05) is 5.02 Å². The Kier molecular flexibility index (Phi) is 6.18. The number of carbonyl (C=O) groups is 2. The van der Waals surface area contributed by atoms with Gasteiger partial charge in [-0.25, -0.2) is 0 Å². The van der Waals surface area contributed by atoms with E-state index in [4.69, 9.17) is 21.1 Å². The zero-order chi connectivity index (χ0) is 23.1. The number of benzene rings is 2. The van der Waals surface area contributed by atoms with Gasteiger partial charge in [-0.3, -0.25) is 9.59 Å². The Morgan fingerprint density at radius 2 is 1.76 bits per heavy atom.